The molecule has 8 heteroatoms. The van der Waals surface area contributed by atoms with E-state index in [0.29, 0.717) is 36.6 Å². The van der Waals surface area contributed by atoms with Crippen molar-refractivity contribution in [3.8, 4) is 0 Å². The number of aromatic amines is 1. The predicted octanol–water partition coefficient (Wildman–Crippen LogP) is 4.35. The molecule has 5 rings (SSSR count). The zero-order valence-electron chi connectivity index (χ0n) is 20.8. The molecule has 2 aromatic rings. The molecule has 1 aliphatic heterocycles. The number of rotatable bonds is 5. The normalized spacial score (nSPS) is 24.4. The number of carbonyl (C=O) groups excluding carboxylic acids is 1. The largest absolute Gasteiger partial charge is 0.478 e. The van der Waals surface area contributed by atoms with E-state index in [9.17, 15) is 14.4 Å². The van der Waals surface area contributed by atoms with Crippen molar-refractivity contribution < 1.29 is 29.3 Å². The second-order valence-electron chi connectivity index (χ2n) is 10.3. The lowest BCUT2D eigenvalue weighted by Crippen LogP contribution is -2.48. The third-order valence-corrected chi connectivity index (χ3v) is 7.83. The maximum Gasteiger partial charge on any atom is 0.328 e. The number of likely N-dealkylation sites (tertiary alicyclic amines) is 1. The van der Waals surface area contributed by atoms with Gasteiger partial charge < -0.3 is 24.8 Å². The Kier molecular flexibility index (Phi) is 8.46. The van der Waals surface area contributed by atoms with E-state index in [-0.39, 0.29) is 11.9 Å². The number of carboxylic acids is 2. The minimum Gasteiger partial charge on any atom is -0.478 e. The van der Waals surface area contributed by atoms with Crippen LogP contribution in [0.15, 0.2) is 36.5 Å². The molecule has 0 amide bonds. The van der Waals surface area contributed by atoms with Crippen LogP contribution in [0.25, 0.3) is 10.9 Å². The van der Waals surface area contributed by atoms with Crippen molar-refractivity contribution in [3.63, 3.8) is 0 Å². The fourth-order valence-corrected chi connectivity index (χ4v) is 6.15. The van der Waals surface area contributed by atoms with Gasteiger partial charge in [0.25, 0.3) is 0 Å². The first-order chi connectivity index (χ1) is 17.3. The summed E-state index contributed by atoms with van der Waals surface area (Å²) in [6.45, 7) is 1.60. The van der Waals surface area contributed by atoms with E-state index in [1.165, 1.54) is 47.7 Å². The van der Waals surface area contributed by atoms with E-state index in [1.807, 2.05) is 0 Å². The Hall–Kier alpha value is -3.13. The number of fused-ring (bicyclic) bond motifs is 2. The van der Waals surface area contributed by atoms with Crippen LogP contribution in [0.5, 0.6) is 0 Å². The second-order valence-corrected chi connectivity index (χ2v) is 10.3. The van der Waals surface area contributed by atoms with Crippen molar-refractivity contribution in [3.05, 3.63) is 47.7 Å². The van der Waals surface area contributed by atoms with Gasteiger partial charge in [-0.2, -0.15) is 0 Å². The Morgan fingerprint density at radius 2 is 1.78 bits per heavy atom. The lowest BCUT2D eigenvalue weighted by atomic mass is 9.72. The first-order valence-corrected chi connectivity index (χ1v) is 12.9. The van der Waals surface area contributed by atoms with Gasteiger partial charge in [0, 0.05) is 53.7 Å². The number of hydrogen-bond donors (Lipinski definition) is 3. The van der Waals surface area contributed by atoms with Crippen molar-refractivity contribution in [2.24, 2.45) is 11.8 Å². The summed E-state index contributed by atoms with van der Waals surface area (Å²) in [4.78, 5) is 37.7. The molecule has 0 radical (unpaired) electrons. The zero-order valence-corrected chi connectivity index (χ0v) is 20.8. The minimum absolute atomic E-state index is 0.0605. The van der Waals surface area contributed by atoms with Gasteiger partial charge in [-0.15, -0.1) is 0 Å². The number of nitrogens with one attached hydrogen (secondary N) is 1. The molecule has 2 aliphatic carbocycles. The Bertz CT molecular complexity index is 1100. The number of H-pyrrole nitrogens is 1. The van der Waals surface area contributed by atoms with Gasteiger partial charge in [0.05, 0.1) is 12.5 Å². The van der Waals surface area contributed by atoms with Crippen LogP contribution in [0, 0.1) is 11.8 Å². The lowest BCUT2D eigenvalue weighted by molar-refractivity contribution is -0.151. The molecule has 1 aromatic heterocycles. The molecule has 3 atom stereocenters. The van der Waals surface area contributed by atoms with E-state index in [2.05, 4.69) is 41.3 Å². The molecule has 194 valence electrons. The Balaban J connectivity index is 0.000000331. The topological polar surface area (TPSA) is 120 Å². The number of likely N-dealkylation sites (N-methyl/N-ethyl adjacent to an activating group) is 1. The zero-order chi connectivity index (χ0) is 25.7. The molecule has 0 unspecified atom stereocenters. The van der Waals surface area contributed by atoms with E-state index in [1.54, 1.807) is 0 Å². The van der Waals surface area contributed by atoms with Crippen molar-refractivity contribution >= 4 is 28.8 Å². The molecule has 1 aromatic carbocycles. The highest BCUT2D eigenvalue weighted by atomic mass is 16.5. The molecule has 3 N–H and O–H groups in total. The molecule has 2 fully saturated rings. The number of carboxylic acid groups (broad SMARTS) is 2. The molecule has 8 nitrogen and oxygen atoms in total. The molecule has 0 spiro atoms. The van der Waals surface area contributed by atoms with E-state index in [0.717, 1.165) is 32.2 Å². The van der Waals surface area contributed by atoms with E-state index in [4.69, 9.17) is 14.9 Å². The Morgan fingerprint density at radius 1 is 1.08 bits per heavy atom. The van der Waals surface area contributed by atoms with Crippen molar-refractivity contribution in [1.29, 1.82) is 0 Å². The lowest BCUT2D eigenvalue weighted by Gasteiger charge is -2.45. The first kappa shape index (κ1) is 25.9. The number of nitrogens with zero attached hydrogens (tertiary/aromatic N) is 1. The van der Waals surface area contributed by atoms with Crippen molar-refractivity contribution in [1.82, 2.24) is 9.88 Å². The Morgan fingerprint density at radius 3 is 2.44 bits per heavy atom. The predicted molar refractivity (Wildman–Crippen MR) is 136 cm³/mol. The average molecular weight is 497 g/mol. The van der Waals surface area contributed by atoms with Crippen LogP contribution >= 0.6 is 0 Å². The van der Waals surface area contributed by atoms with Gasteiger partial charge in [0.2, 0.25) is 0 Å². The summed E-state index contributed by atoms with van der Waals surface area (Å²) in [5, 5.41) is 17.1. The number of benzene rings is 1. The van der Waals surface area contributed by atoms with Crippen LogP contribution in [-0.2, 0) is 25.5 Å². The second kappa shape index (κ2) is 11.7. The van der Waals surface area contributed by atoms with Crippen LogP contribution < -0.4 is 0 Å². The van der Waals surface area contributed by atoms with Gasteiger partial charge in [0.15, 0.2) is 0 Å². The first-order valence-electron chi connectivity index (χ1n) is 12.9. The van der Waals surface area contributed by atoms with Crippen LogP contribution in [0.3, 0.4) is 0 Å². The molecule has 2 heterocycles. The number of carbonyl (C=O) groups is 3. The van der Waals surface area contributed by atoms with Gasteiger partial charge in [-0.25, -0.2) is 9.59 Å². The fourth-order valence-electron chi connectivity index (χ4n) is 6.15. The highest BCUT2D eigenvalue weighted by molar-refractivity contribution is 5.89. The molecule has 1 saturated carbocycles. The third-order valence-electron chi connectivity index (χ3n) is 7.83. The molecule has 1 saturated heterocycles. The number of hydrogen-bond acceptors (Lipinski definition) is 5. The molecular weight excluding hydrogens is 460 g/mol. The minimum atomic E-state index is -1.26. The molecular formula is C28H36N2O6. The SMILES string of the molecule is CN1C[C@H](COC(=O)C2CCCCCC2)C[C@@H]2c3cccc4[nH]cc(c34)C[C@H]21.O=C(O)/C=C\C(=O)O. The smallest absolute Gasteiger partial charge is 0.328 e. The maximum absolute atomic E-state index is 12.6. The summed E-state index contributed by atoms with van der Waals surface area (Å²) in [7, 11) is 2.24. The van der Waals surface area contributed by atoms with E-state index < -0.39 is 11.9 Å². The molecule has 0 bridgehead atoms. The molecule has 36 heavy (non-hydrogen) atoms. The van der Waals surface area contributed by atoms with Gasteiger partial charge >= 0.3 is 17.9 Å². The van der Waals surface area contributed by atoms with Crippen LogP contribution in [0.2, 0.25) is 0 Å². The van der Waals surface area contributed by atoms with E-state index >= 15 is 0 Å². The highest BCUT2D eigenvalue weighted by Crippen LogP contribution is 2.44. The number of aromatic nitrogens is 1. The number of piperidine rings is 1. The number of ether oxygens (including phenoxy) is 1. The van der Waals surface area contributed by atoms with Gasteiger partial charge in [0.1, 0.15) is 0 Å². The maximum atomic E-state index is 12.6. The third kappa shape index (κ3) is 6.16. The number of aliphatic carboxylic acids is 2. The quantitative estimate of drug-likeness (QED) is 0.320. The summed E-state index contributed by atoms with van der Waals surface area (Å²) < 4.78 is 5.86. The highest BCUT2D eigenvalue weighted by Gasteiger charge is 2.39. The Labute approximate surface area is 211 Å². The average Bonchev–Trinajstić information content (AvgIpc) is 3.08. The fraction of sp³-hybridized carbons (Fsp3) is 0.536. The molecule has 3 aliphatic rings. The standard InChI is InChI=1S/C24H32N2O2.C4H4O4/c1-26-14-16(15-28-24(27)17-7-4-2-3-5-8-17)11-20-19-9-6-10-21-23(19)18(13-25-21)12-22(20)26;5-3(6)1-2-4(7)8/h6,9-10,13,16-17,20,22,25H,2-5,7-8,11-12,14-15H2,1H3;1-2H,(H,5,6)(H,7,8)/b;2-1-/t16-,20-,22-;/m1./s1. The van der Waals surface area contributed by atoms with Crippen molar-refractivity contribution in [2.75, 3.05) is 20.2 Å². The van der Waals surface area contributed by atoms with Crippen LogP contribution in [-0.4, -0.2) is 64.2 Å². The van der Waals surface area contributed by atoms with Gasteiger partial charge in [-0.1, -0.05) is 37.8 Å². The summed E-state index contributed by atoms with van der Waals surface area (Å²) in [6, 6.07) is 7.23. The summed E-state index contributed by atoms with van der Waals surface area (Å²) >= 11 is 0. The number of esters is 1. The monoisotopic (exact) mass is 496 g/mol. The summed E-state index contributed by atoms with van der Waals surface area (Å²) in [6.07, 6.45) is 12.5. The van der Waals surface area contributed by atoms with Crippen molar-refractivity contribution in [2.45, 2.75) is 63.3 Å². The summed E-state index contributed by atoms with van der Waals surface area (Å²) in [5.74, 6) is -1.35. The summed E-state index contributed by atoms with van der Waals surface area (Å²) in [5.41, 5.74) is 4.20. The van der Waals surface area contributed by atoms with Gasteiger partial charge in [-0.05, 0) is 49.9 Å². The van der Waals surface area contributed by atoms with Crippen LogP contribution in [0.1, 0.15) is 62.0 Å². The van der Waals surface area contributed by atoms with Gasteiger partial charge in [-0.3, -0.25) is 4.79 Å². The van der Waals surface area contributed by atoms with Crippen LogP contribution in [0.4, 0.5) is 0 Å².